The van der Waals surface area contributed by atoms with E-state index in [4.69, 9.17) is 4.74 Å². The third-order valence-corrected chi connectivity index (χ3v) is 5.25. The van der Waals surface area contributed by atoms with Crippen molar-refractivity contribution in [2.45, 2.75) is 6.54 Å². The van der Waals surface area contributed by atoms with E-state index in [1.54, 1.807) is 5.38 Å². The van der Waals surface area contributed by atoms with Gasteiger partial charge >= 0.3 is 0 Å². The Morgan fingerprint density at radius 3 is 2.70 bits per heavy atom. The third-order valence-electron chi connectivity index (χ3n) is 4.35. The molecule has 2 aromatic heterocycles. The number of hydrogen-bond acceptors (Lipinski definition) is 6. The average molecular weight is 380 g/mol. The second-order valence-corrected chi connectivity index (χ2v) is 7.07. The molecule has 4 rings (SSSR count). The predicted molar refractivity (Wildman–Crippen MR) is 106 cm³/mol. The topological polar surface area (TPSA) is 67.4 Å². The van der Waals surface area contributed by atoms with Gasteiger partial charge in [-0.1, -0.05) is 36.4 Å². The van der Waals surface area contributed by atoms with Crippen molar-refractivity contribution in [2.75, 3.05) is 31.2 Å². The van der Waals surface area contributed by atoms with E-state index in [9.17, 15) is 4.79 Å². The average Bonchev–Trinajstić information content (AvgIpc) is 3.24. The number of ether oxygens (including phenoxy) is 1. The number of pyridine rings is 1. The van der Waals surface area contributed by atoms with Gasteiger partial charge in [0.15, 0.2) is 0 Å². The number of benzene rings is 1. The van der Waals surface area contributed by atoms with Crippen LogP contribution in [0.25, 0.3) is 10.6 Å². The highest BCUT2D eigenvalue weighted by Gasteiger charge is 2.13. The monoisotopic (exact) mass is 380 g/mol. The number of anilines is 1. The van der Waals surface area contributed by atoms with Gasteiger partial charge in [-0.25, -0.2) is 9.97 Å². The Labute approximate surface area is 161 Å². The Balaban J connectivity index is 1.34. The molecule has 1 aliphatic rings. The Kier molecular flexibility index (Phi) is 5.41. The summed E-state index contributed by atoms with van der Waals surface area (Å²) >= 11 is 1.47. The Morgan fingerprint density at radius 1 is 1.15 bits per heavy atom. The van der Waals surface area contributed by atoms with Crippen molar-refractivity contribution in [3.05, 3.63) is 65.3 Å². The highest BCUT2D eigenvalue weighted by Crippen LogP contribution is 2.23. The van der Waals surface area contributed by atoms with Crippen LogP contribution in [0, 0.1) is 0 Å². The number of nitrogens with one attached hydrogen (secondary N) is 1. The molecule has 0 saturated carbocycles. The maximum absolute atomic E-state index is 12.4. The summed E-state index contributed by atoms with van der Waals surface area (Å²) in [6, 6.07) is 13.8. The Hall–Kier alpha value is -2.77. The maximum atomic E-state index is 12.4. The minimum Gasteiger partial charge on any atom is -0.378 e. The van der Waals surface area contributed by atoms with E-state index >= 15 is 0 Å². The molecule has 3 aromatic rings. The molecule has 1 aliphatic heterocycles. The summed E-state index contributed by atoms with van der Waals surface area (Å²) in [7, 11) is 0. The standard InChI is InChI=1S/C20H20N4O2S/c25-19(17-14-27-20(23-17)16-4-2-1-3-5-16)22-13-15-6-7-18(21-12-15)24-8-10-26-11-9-24/h1-7,12,14H,8-11,13H2,(H,22,25). The van der Waals surface area contributed by atoms with E-state index in [1.165, 1.54) is 11.3 Å². The van der Waals surface area contributed by atoms with Crippen molar-refractivity contribution in [2.24, 2.45) is 0 Å². The van der Waals surface area contributed by atoms with Crippen LogP contribution in [0.15, 0.2) is 54.0 Å². The van der Waals surface area contributed by atoms with Gasteiger partial charge in [0, 0.05) is 36.8 Å². The van der Waals surface area contributed by atoms with Gasteiger partial charge < -0.3 is 15.0 Å². The molecule has 1 fully saturated rings. The van der Waals surface area contributed by atoms with Crippen LogP contribution in [-0.4, -0.2) is 42.2 Å². The number of thiazole rings is 1. The predicted octanol–water partition coefficient (Wildman–Crippen LogP) is 2.97. The minimum absolute atomic E-state index is 0.175. The van der Waals surface area contributed by atoms with Gasteiger partial charge in [-0.2, -0.15) is 0 Å². The second kappa shape index (κ2) is 8.28. The lowest BCUT2D eigenvalue weighted by Crippen LogP contribution is -2.36. The number of morpholine rings is 1. The lowest BCUT2D eigenvalue weighted by Gasteiger charge is -2.27. The fourth-order valence-electron chi connectivity index (χ4n) is 2.87. The van der Waals surface area contributed by atoms with Gasteiger partial charge in [0.1, 0.15) is 16.5 Å². The lowest BCUT2D eigenvalue weighted by molar-refractivity contribution is 0.0946. The van der Waals surface area contributed by atoms with Crippen molar-refractivity contribution < 1.29 is 9.53 Å². The minimum atomic E-state index is -0.175. The Morgan fingerprint density at radius 2 is 1.96 bits per heavy atom. The zero-order chi connectivity index (χ0) is 18.5. The van der Waals surface area contributed by atoms with E-state index in [0.29, 0.717) is 12.2 Å². The van der Waals surface area contributed by atoms with Crippen molar-refractivity contribution in [3.8, 4) is 10.6 Å². The van der Waals surface area contributed by atoms with Crippen LogP contribution in [0.4, 0.5) is 5.82 Å². The first-order chi connectivity index (χ1) is 13.3. The molecule has 0 radical (unpaired) electrons. The highest BCUT2D eigenvalue weighted by atomic mass is 32.1. The summed E-state index contributed by atoms with van der Waals surface area (Å²) in [4.78, 5) is 23.5. The van der Waals surface area contributed by atoms with E-state index in [0.717, 1.165) is 48.3 Å². The zero-order valence-electron chi connectivity index (χ0n) is 14.8. The maximum Gasteiger partial charge on any atom is 0.271 e. The van der Waals surface area contributed by atoms with E-state index < -0.39 is 0 Å². The number of hydrogen-bond donors (Lipinski definition) is 1. The van der Waals surface area contributed by atoms with Gasteiger partial charge in [0.05, 0.1) is 13.2 Å². The van der Waals surface area contributed by atoms with E-state index in [1.807, 2.05) is 48.7 Å². The van der Waals surface area contributed by atoms with Crippen LogP contribution in [-0.2, 0) is 11.3 Å². The van der Waals surface area contributed by atoms with Crippen LogP contribution >= 0.6 is 11.3 Å². The molecule has 27 heavy (non-hydrogen) atoms. The van der Waals surface area contributed by atoms with Crippen LogP contribution in [0.2, 0.25) is 0 Å². The van der Waals surface area contributed by atoms with Crippen molar-refractivity contribution in [3.63, 3.8) is 0 Å². The van der Waals surface area contributed by atoms with Crippen molar-refractivity contribution in [1.82, 2.24) is 15.3 Å². The van der Waals surface area contributed by atoms with Crippen LogP contribution in [0.1, 0.15) is 16.1 Å². The first-order valence-electron chi connectivity index (χ1n) is 8.86. The second-order valence-electron chi connectivity index (χ2n) is 6.21. The largest absolute Gasteiger partial charge is 0.378 e. The molecule has 0 unspecified atom stereocenters. The molecular weight excluding hydrogens is 360 g/mol. The van der Waals surface area contributed by atoms with Gasteiger partial charge in [-0.15, -0.1) is 11.3 Å². The van der Waals surface area contributed by atoms with Gasteiger partial charge in [-0.05, 0) is 11.6 Å². The fraction of sp³-hybridized carbons (Fsp3) is 0.250. The normalized spacial score (nSPS) is 14.1. The third kappa shape index (κ3) is 4.32. The summed E-state index contributed by atoms with van der Waals surface area (Å²) in [6.07, 6.45) is 1.81. The van der Waals surface area contributed by atoms with Crippen LogP contribution in [0.5, 0.6) is 0 Å². The fourth-order valence-corrected chi connectivity index (χ4v) is 3.67. The molecule has 7 heteroatoms. The molecule has 1 amide bonds. The molecule has 138 valence electrons. The molecule has 1 aromatic carbocycles. The van der Waals surface area contributed by atoms with Crippen molar-refractivity contribution >= 4 is 23.1 Å². The number of amides is 1. The van der Waals surface area contributed by atoms with Gasteiger partial charge in [0.25, 0.3) is 5.91 Å². The van der Waals surface area contributed by atoms with Crippen LogP contribution < -0.4 is 10.2 Å². The molecule has 3 heterocycles. The number of carbonyl (C=O) groups is 1. The Bertz CT molecular complexity index is 890. The molecule has 0 atom stereocenters. The molecule has 1 saturated heterocycles. The molecule has 1 N–H and O–H groups in total. The lowest BCUT2D eigenvalue weighted by atomic mass is 10.2. The smallest absolute Gasteiger partial charge is 0.271 e. The number of aromatic nitrogens is 2. The van der Waals surface area contributed by atoms with Gasteiger partial charge in [0.2, 0.25) is 0 Å². The van der Waals surface area contributed by atoms with Gasteiger partial charge in [-0.3, -0.25) is 4.79 Å². The van der Waals surface area contributed by atoms with E-state index in [-0.39, 0.29) is 5.91 Å². The quantitative estimate of drug-likeness (QED) is 0.737. The number of rotatable bonds is 5. The number of carbonyl (C=O) groups excluding carboxylic acids is 1. The molecule has 0 spiro atoms. The van der Waals surface area contributed by atoms with E-state index in [2.05, 4.69) is 20.2 Å². The molecule has 6 nitrogen and oxygen atoms in total. The highest BCUT2D eigenvalue weighted by molar-refractivity contribution is 7.13. The summed E-state index contributed by atoms with van der Waals surface area (Å²) in [5, 5.41) is 5.54. The summed E-state index contributed by atoms with van der Waals surface area (Å²) in [5.74, 6) is 0.770. The van der Waals surface area contributed by atoms with Crippen LogP contribution in [0.3, 0.4) is 0 Å². The summed E-state index contributed by atoms with van der Waals surface area (Å²) < 4.78 is 5.36. The molecule has 0 bridgehead atoms. The zero-order valence-corrected chi connectivity index (χ0v) is 15.6. The first kappa shape index (κ1) is 17.6. The summed E-state index contributed by atoms with van der Waals surface area (Å²) in [5.41, 5.74) is 2.42. The molecule has 0 aliphatic carbocycles. The SMILES string of the molecule is O=C(NCc1ccc(N2CCOCC2)nc1)c1csc(-c2ccccc2)n1. The summed E-state index contributed by atoms with van der Waals surface area (Å²) in [6.45, 7) is 3.61. The number of nitrogens with zero attached hydrogens (tertiary/aromatic N) is 3. The first-order valence-corrected chi connectivity index (χ1v) is 9.74. The molecular formula is C20H20N4O2S. The van der Waals surface area contributed by atoms with Crippen molar-refractivity contribution in [1.29, 1.82) is 0 Å².